The normalized spacial score (nSPS) is 13.2. The van der Waals surface area contributed by atoms with Crippen LogP contribution in [0.15, 0.2) is 58.3 Å². The molecule has 6 nitrogen and oxygen atoms in total. The molecule has 29 heavy (non-hydrogen) atoms. The van der Waals surface area contributed by atoms with Gasteiger partial charge >= 0.3 is 11.0 Å². The van der Waals surface area contributed by atoms with E-state index in [-0.39, 0.29) is 23.8 Å². The van der Waals surface area contributed by atoms with Crippen molar-refractivity contribution in [3.8, 4) is 0 Å². The summed E-state index contributed by atoms with van der Waals surface area (Å²) in [5.74, 6) is -1.03. The second kappa shape index (κ2) is 7.33. The molecule has 158 valence electrons. The molecule has 0 bridgehead atoms. The van der Waals surface area contributed by atoms with E-state index in [1.54, 1.807) is 0 Å². The number of alkyl halides is 6. The van der Waals surface area contributed by atoms with Crippen LogP contribution < -0.4 is 5.32 Å². The van der Waals surface area contributed by atoms with Crippen LogP contribution in [0.5, 0.6) is 0 Å². The van der Waals surface area contributed by atoms with Crippen LogP contribution in [-0.4, -0.2) is 33.8 Å². The van der Waals surface area contributed by atoms with E-state index in [1.807, 2.05) is 5.32 Å². The molecule has 0 fully saturated rings. The summed E-state index contributed by atoms with van der Waals surface area (Å²) in [4.78, 5) is 8.52. The van der Waals surface area contributed by atoms with Gasteiger partial charge in [0.1, 0.15) is 0 Å². The lowest BCUT2D eigenvalue weighted by Gasteiger charge is -2.14. The molecule has 14 heteroatoms. The molecule has 2 rings (SSSR count). The first-order valence-electron chi connectivity index (χ1n) is 7.21. The van der Waals surface area contributed by atoms with E-state index in [0.717, 1.165) is 0 Å². The summed E-state index contributed by atoms with van der Waals surface area (Å²) >= 11 is 0. The lowest BCUT2D eigenvalue weighted by atomic mass is 10.2. The van der Waals surface area contributed by atoms with Crippen molar-refractivity contribution in [3.63, 3.8) is 0 Å². The lowest BCUT2D eigenvalue weighted by molar-refractivity contribution is -0.0438. The van der Waals surface area contributed by atoms with Gasteiger partial charge < -0.3 is 5.32 Å². The Morgan fingerprint density at radius 1 is 0.724 bits per heavy atom. The SMILES string of the molecule is O=C(Nc1cc(S(=O)(=O)C(F)(F)F)cc(S(=O)(=O)C(F)(F)F)c1)c1ccccc1. The highest BCUT2D eigenvalue weighted by molar-refractivity contribution is 7.93. The summed E-state index contributed by atoms with van der Waals surface area (Å²) in [6.45, 7) is 0. The van der Waals surface area contributed by atoms with E-state index in [9.17, 15) is 48.0 Å². The Bertz CT molecular complexity index is 1080. The molecule has 0 spiro atoms. The fraction of sp³-hybridized carbons (Fsp3) is 0.133. The van der Waals surface area contributed by atoms with Crippen LogP contribution in [0.2, 0.25) is 0 Å². The average molecular weight is 461 g/mol. The van der Waals surface area contributed by atoms with E-state index in [4.69, 9.17) is 0 Å². The van der Waals surface area contributed by atoms with Crippen LogP contribution in [0, 0.1) is 0 Å². The molecule has 2 aromatic rings. The number of hydrogen-bond acceptors (Lipinski definition) is 5. The summed E-state index contributed by atoms with van der Waals surface area (Å²) in [5.41, 5.74) is -12.8. The van der Waals surface area contributed by atoms with Crippen LogP contribution in [0.1, 0.15) is 10.4 Å². The molecule has 0 aliphatic rings. The zero-order valence-corrected chi connectivity index (χ0v) is 15.4. The molecule has 0 saturated heterocycles. The molecule has 0 saturated carbocycles. The smallest absolute Gasteiger partial charge is 0.322 e. The first-order valence-corrected chi connectivity index (χ1v) is 10.2. The quantitative estimate of drug-likeness (QED) is 0.703. The summed E-state index contributed by atoms with van der Waals surface area (Å²) in [7, 11) is -12.4. The standard InChI is InChI=1S/C15H9F6NO5S2/c16-14(17,18)28(24,25)11-6-10(22-13(23)9-4-2-1-3-5-9)7-12(8-11)29(26,27)15(19,20)21/h1-8H,(H,22,23). The maximum absolute atomic E-state index is 12.8. The predicted molar refractivity (Wildman–Crippen MR) is 87.3 cm³/mol. The van der Waals surface area contributed by atoms with Gasteiger partial charge in [-0.05, 0) is 30.3 Å². The van der Waals surface area contributed by atoms with Gasteiger partial charge in [0.15, 0.2) is 0 Å². The van der Waals surface area contributed by atoms with Crippen molar-refractivity contribution in [3.05, 3.63) is 54.1 Å². The molecule has 0 atom stereocenters. The molecule has 2 aromatic carbocycles. The molecule has 0 unspecified atom stereocenters. The number of hydrogen-bond donors (Lipinski definition) is 1. The summed E-state index contributed by atoms with van der Waals surface area (Å²) in [5, 5.41) is 1.88. The van der Waals surface area contributed by atoms with Crippen LogP contribution in [0.25, 0.3) is 0 Å². The van der Waals surface area contributed by atoms with Crippen molar-refractivity contribution in [1.29, 1.82) is 0 Å². The number of sulfone groups is 2. The molecule has 0 heterocycles. The molecular weight excluding hydrogens is 452 g/mol. The zero-order chi connectivity index (χ0) is 22.3. The Kier molecular flexibility index (Phi) is 5.73. The van der Waals surface area contributed by atoms with Crippen molar-refractivity contribution in [2.45, 2.75) is 20.8 Å². The summed E-state index contributed by atoms with van der Waals surface area (Å²) in [6, 6.07) is 6.96. The summed E-state index contributed by atoms with van der Waals surface area (Å²) < 4.78 is 123. The number of carbonyl (C=O) groups is 1. The van der Waals surface area contributed by atoms with Gasteiger partial charge in [-0.3, -0.25) is 4.79 Å². The molecule has 0 aliphatic heterocycles. The van der Waals surface area contributed by atoms with E-state index in [2.05, 4.69) is 0 Å². The second-order valence-corrected chi connectivity index (χ2v) is 9.29. The molecule has 0 aromatic heterocycles. The number of halogens is 6. The van der Waals surface area contributed by atoms with Gasteiger partial charge in [0.05, 0.1) is 9.79 Å². The third-order valence-corrected chi connectivity index (χ3v) is 6.34. The third kappa shape index (κ3) is 4.53. The minimum atomic E-state index is -6.21. The average Bonchev–Trinajstić information content (AvgIpc) is 2.60. The van der Waals surface area contributed by atoms with E-state index in [0.29, 0.717) is 0 Å². The fourth-order valence-corrected chi connectivity index (χ4v) is 3.75. The number of benzene rings is 2. The second-order valence-electron chi connectivity index (χ2n) is 5.41. The number of amides is 1. The van der Waals surface area contributed by atoms with Gasteiger partial charge in [0.2, 0.25) is 0 Å². The van der Waals surface area contributed by atoms with E-state index >= 15 is 0 Å². The molecule has 1 amide bonds. The Labute approximate surface area is 160 Å². The van der Waals surface area contributed by atoms with Crippen LogP contribution in [0.3, 0.4) is 0 Å². The van der Waals surface area contributed by atoms with Crippen LogP contribution in [-0.2, 0) is 19.7 Å². The molecule has 1 N–H and O–H groups in total. The van der Waals surface area contributed by atoms with Crippen molar-refractivity contribution in [1.82, 2.24) is 0 Å². The number of carbonyl (C=O) groups excluding carboxylic acids is 1. The maximum atomic E-state index is 12.8. The highest BCUT2D eigenvalue weighted by Gasteiger charge is 2.50. The Balaban J connectivity index is 2.67. The van der Waals surface area contributed by atoms with Gasteiger partial charge in [-0.15, -0.1) is 0 Å². The number of rotatable bonds is 4. The minimum absolute atomic E-state index is 0.0724. The Hall–Kier alpha value is -2.61. The van der Waals surface area contributed by atoms with E-state index < -0.39 is 52.1 Å². The van der Waals surface area contributed by atoms with Gasteiger partial charge in [-0.1, -0.05) is 18.2 Å². The predicted octanol–water partition coefficient (Wildman–Crippen LogP) is 3.53. The molecule has 0 radical (unpaired) electrons. The number of anilines is 1. The molecule has 0 aliphatic carbocycles. The van der Waals surface area contributed by atoms with Crippen molar-refractivity contribution >= 4 is 31.3 Å². The topological polar surface area (TPSA) is 97.4 Å². The zero-order valence-electron chi connectivity index (χ0n) is 13.7. The van der Waals surface area contributed by atoms with Crippen LogP contribution >= 0.6 is 0 Å². The van der Waals surface area contributed by atoms with Crippen molar-refractivity contribution in [2.75, 3.05) is 5.32 Å². The Morgan fingerprint density at radius 3 is 1.52 bits per heavy atom. The first-order chi connectivity index (χ1) is 13.1. The minimum Gasteiger partial charge on any atom is -0.322 e. The summed E-state index contributed by atoms with van der Waals surface area (Å²) in [6.07, 6.45) is 0. The van der Waals surface area contributed by atoms with Gasteiger partial charge in [0.25, 0.3) is 25.6 Å². The van der Waals surface area contributed by atoms with Crippen molar-refractivity contribution < 1.29 is 48.0 Å². The van der Waals surface area contributed by atoms with E-state index in [1.165, 1.54) is 30.3 Å². The fourth-order valence-electron chi connectivity index (χ4n) is 2.01. The van der Waals surface area contributed by atoms with Gasteiger partial charge in [0, 0.05) is 11.3 Å². The highest BCUT2D eigenvalue weighted by atomic mass is 32.2. The van der Waals surface area contributed by atoms with Gasteiger partial charge in [-0.25, -0.2) is 16.8 Å². The Morgan fingerprint density at radius 2 is 1.14 bits per heavy atom. The molecular formula is C15H9F6NO5S2. The highest BCUT2D eigenvalue weighted by Crippen LogP contribution is 2.36. The van der Waals surface area contributed by atoms with Crippen molar-refractivity contribution in [2.24, 2.45) is 0 Å². The monoisotopic (exact) mass is 461 g/mol. The van der Waals surface area contributed by atoms with Crippen LogP contribution in [0.4, 0.5) is 32.0 Å². The largest absolute Gasteiger partial charge is 0.501 e. The van der Waals surface area contributed by atoms with Gasteiger partial charge in [-0.2, -0.15) is 26.3 Å². The lowest BCUT2D eigenvalue weighted by Crippen LogP contribution is -2.26. The third-order valence-electron chi connectivity index (χ3n) is 3.40. The number of nitrogens with one attached hydrogen (secondary N) is 1. The maximum Gasteiger partial charge on any atom is 0.501 e. The first kappa shape index (κ1) is 22.7.